The predicted octanol–water partition coefficient (Wildman–Crippen LogP) is 3.31. The summed E-state index contributed by atoms with van der Waals surface area (Å²) in [5.41, 5.74) is 0.877. The number of thiophene rings is 1. The average molecular weight is 411 g/mol. The van der Waals surface area contributed by atoms with E-state index in [9.17, 15) is 9.18 Å². The summed E-state index contributed by atoms with van der Waals surface area (Å²) in [5, 5.41) is 5.11. The van der Waals surface area contributed by atoms with E-state index in [4.69, 9.17) is 0 Å². The molecule has 1 aliphatic heterocycles. The van der Waals surface area contributed by atoms with Crippen LogP contribution >= 0.6 is 11.3 Å². The number of benzene rings is 1. The number of hydrogen-bond donors (Lipinski definition) is 1. The van der Waals surface area contributed by atoms with Crippen LogP contribution in [0.4, 0.5) is 10.2 Å². The molecule has 29 heavy (non-hydrogen) atoms. The third-order valence-electron chi connectivity index (χ3n) is 5.05. The summed E-state index contributed by atoms with van der Waals surface area (Å²) in [5.74, 6) is 0.667. The van der Waals surface area contributed by atoms with E-state index < -0.39 is 0 Å². The Hall–Kier alpha value is -2.77. The molecule has 0 bridgehead atoms. The Morgan fingerprint density at radius 3 is 2.52 bits per heavy atom. The van der Waals surface area contributed by atoms with E-state index in [1.807, 2.05) is 35.7 Å². The van der Waals surface area contributed by atoms with Crippen LogP contribution in [0.25, 0.3) is 0 Å². The highest BCUT2D eigenvalue weighted by atomic mass is 32.1. The van der Waals surface area contributed by atoms with E-state index in [1.165, 1.54) is 12.1 Å². The Bertz CT molecular complexity index is 910. The van der Waals surface area contributed by atoms with E-state index in [0.29, 0.717) is 6.54 Å². The van der Waals surface area contributed by atoms with Gasteiger partial charge < -0.3 is 10.2 Å². The molecule has 0 saturated carbocycles. The zero-order valence-corrected chi connectivity index (χ0v) is 16.8. The second-order valence-corrected chi connectivity index (χ2v) is 8.00. The maximum absolute atomic E-state index is 13.3. The molecule has 1 fully saturated rings. The van der Waals surface area contributed by atoms with Crippen LogP contribution in [-0.2, 0) is 4.79 Å². The van der Waals surface area contributed by atoms with Crippen LogP contribution in [0.1, 0.15) is 16.5 Å². The molecule has 1 amide bonds. The van der Waals surface area contributed by atoms with Crippen molar-refractivity contribution in [3.05, 3.63) is 82.4 Å². The summed E-state index contributed by atoms with van der Waals surface area (Å²) in [6.07, 6.45) is 1.80. The summed E-state index contributed by atoms with van der Waals surface area (Å²) >= 11 is 1.58. The van der Waals surface area contributed by atoms with Crippen molar-refractivity contribution in [3.63, 3.8) is 0 Å². The van der Waals surface area contributed by atoms with Crippen molar-refractivity contribution in [2.45, 2.75) is 6.04 Å². The highest BCUT2D eigenvalue weighted by Gasteiger charge is 2.22. The van der Waals surface area contributed by atoms with Crippen LogP contribution in [0.15, 0.2) is 66.2 Å². The number of carbonyl (C=O) groups excluding carboxylic acids is 1. The van der Waals surface area contributed by atoms with Crippen molar-refractivity contribution >= 4 is 23.1 Å². The van der Waals surface area contributed by atoms with Gasteiger partial charge in [-0.1, -0.05) is 24.3 Å². The van der Waals surface area contributed by atoms with E-state index in [-0.39, 0.29) is 17.8 Å². The Balaban J connectivity index is 1.36. The minimum atomic E-state index is -0.282. The van der Waals surface area contributed by atoms with Crippen LogP contribution in [0.3, 0.4) is 0 Å². The third-order valence-corrected chi connectivity index (χ3v) is 5.99. The van der Waals surface area contributed by atoms with Crippen molar-refractivity contribution in [2.75, 3.05) is 37.6 Å². The molecule has 1 aromatic carbocycles. The minimum Gasteiger partial charge on any atom is -0.354 e. The highest BCUT2D eigenvalue weighted by molar-refractivity contribution is 7.10. The highest BCUT2D eigenvalue weighted by Crippen LogP contribution is 2.26. The van der Waals surface area contributed by atoms with Crippen molar-refractivity contribution in [2.24, 2.45) is 0 Å². The number of amides is 1. The molecule has 2 aromatic heterocycles. The first-order valence-electron chi connectivity index (χ1n) is 9.65. The van der Waals surface area contributed by atoms with Gasteiger partial charge in [0.05, 0.1) is 12.6 Å². The molecule has 0 radical (unpaired) electrons. The first kappa shape index (κ1) is 19.5. The molecule has 7 heteroatoms. The first-order valence-corrected chi connectivity index (χ1v) is 10.5. The lowest BCUT2D eigenvalue weighted by atomic mass is 10.1. The largest absolute Gasteiger partial charge is 0.354 e. The van der Waals surface area contributed by atoms with Gasteiger partial charge in [-0.15, -0.1) is 11.3 Å². The van der Waals surface area contributed by atoms with Gasteiger partial charge in [0.1, 0.15) is 11.6 Å². The van der Waals surface area contributed by atoms with Gasteiger partial charge in [-0.3, -0.25) is 9.69 Å². The Labute approximate surface area is 173 Å². The number of nitrogens with one attached hydrogen (secondary N) is 1. The van der Waals surface area contributed by atoms with Gasteiger partial charge in [-0.2, -0.15) is 0 Å². The van der Waals surface area contributed by atoms with Gasteiger partial charge in [0, 0.05) is 37.3 Å². The van der Waals surface area contributed by atoms with Gasteiger partial charge in [-0.25, -0.2) is 9.37 Å². The van der Waals surface area contributed by atoms with E-state index in [1.54, 1.807) is 29.7 Å². The quantitative estimate of drug-likeness (QED) is 0.677. The first-order chi connectivity index (χ1) is 14.2. The van der Waals surface area contributed by atoms with Gasteiger partial charge in [0.2, 0.25) is 5.91 Å². The van der Waals surface area contributed by atoms with E-state index in [0.717, 1.165) is 42.4 Å². The van der Waals surface area contributed by atoms with Crippen LogP contribution in [-0.4, -0.2) is 48.5 Å². The molecule has 3 aromatic rings. The smallest absolute Gasteiger partial charge is 0.234 e. The summed E-state index contributed by atoms with van der Waals surface area (Å²) in [4.78, 5) is 22.6. The van der Waals surface area contributed by atoms with Crippen molar-refractivity contribution in [1.29, 1.82) is 0 Å². The van der Waals surface area contributed by atoms with Crippen LogP contribution in [0, 0.1) is 5.82 Å². The van der Waals surface area contributed by atoms with Gasteiger partial charge in [0.25, 0.3) is 0 Å². The molecular formula is C22H23FN4OS. The zero-order chi connectivity index (χ0) is 20.1. The lowest BCUT2D eigenvalue weighted by molar-refractivity contribution is -0.122. The number of piperazine rings is 1. The van der Waals surface area contributed by atoms with Gasteiger partial charge in [0.15, 0.2) is 0 Å². The summed E-state index contributed by atoms with van der Waals surface area (Å²) < 4.78 is 13.3. The second-order valence-electron chi connectivity index (χ2n) is 7.02. The molecule has 1 atom stereocenters. The third kappa shape index (κ3) is 4.99. The molecule has 0 unspecified atom stereocenters. The Morgan fingerprint density at radius 2 is 1.86 bits per heavy atom. The summed E-state index contributed by atoms with van der Waals surface area (Å²) in [6.45, 7) is 3.65. The number of pyridine rings is 1. The predicted molar refractivity (Wildman–Crippen MR) is 114 cm³/mol. The number of halogens is 1. The van der Waals surface area contributed by atoms with Crippen LogP contribution in [0.5, 0.6) is 0 Å². The van der Waals surface area contributed by atoms with Crippen molar-refractivity contribution in [1.82, 2.24) is 15.2 Å². The Kier molecular flexibility index (Phi) is 6.17. The molecule has 0 aliphatic carbocycles. The maximum atomic E-state index is 13.3. The number of rotatable bonds is 6. The molecule has 4 rings (SSSR count). The van der Waals surface area contributed by atoms with Gasteiger partial charge >= 0.3 is 0 Å². The standard InChI is InChI=1S/C22H23FN4OS/c23-18-8-6-17(7-9-18)22(19-4-3-15-29-19)25-21(28)16-26-11-13-27(14-12-26)20-5-1-2-10-24-20/h1-10,15,22H,11-14,16H2,(H,25,28)/t22-/m1/s1. The molecule has 150 valence electrons. The molecular weight excluding hydrogens is 387 g/mol. The maximum Gasteiger partial charge on any atom is 0.234 e. The van der Waals surface area contributed by atoms with E-state index >= 15 is 0 Å². The minimum absolute atomic E-state index is 0.0287. The monoisotopic (exact) mass is 410 g/mol. The molecule has 3 heterocycles. The fraction of sp³-hybridized carbons (Fsp3) is 0.273. The molecule has 5 nitrogen and oxygen atoms in total. The van der Waals surface area contributed by atoms with Crippen molar-refractivity contribution in [3.8, 4) is 0 Å². The fourth-order valence-electron chi connectivity index (χ4n) is 3.52. The fourth-order valence-corrected chi connectivity index (χ4v) is 4.32. The summed E-state index contributed by atoms with van der Waals surface area (Å²) in [6, 6.07) is 15.9. The lowest BCUT2D eigenvalue weighted by Gasteiger charge is -2.35. The topological polar surface area (TPSA) is 48.5 Å². The summed E-state index contributed by atoms with van der Waals surface area (Å²) in [7, 11) is 0. The number of aromatic nitrogens is 1. The number of anilines is 1. The number of hydrogen-bond acceptors (Lipinski definition) is 5. The average Bonchev–Trinajstić information content (AvgIpc) is 3.29. The zero-order valence-electron chi connectivity index (χ0n) is 16.0. The lowest BCUT2D eigenvalue weighted by Crippen LogP contribution is -2.50. The number of carbonyl (C=O) groups is 1. The molecule has 1 N–H and O–H groups in total. The normalized spacial score (nSPS) is 15.8. The molecule has 0 spiro atoms. The second kappa shape index (κ2) is 9.15. The van der Waals surface area contributed by atoms with Crippen molar-refractivity contribution < 1.29 is 9.18 Å². The van der Waals surface area contributed by atoms with Crippen LogP contribution in [0.2, 0.25) is 0 Å². The Morgan fingerprint density at radius 1 is 1.07 bits per heavy atom. The molecule has 1 saturated heterocycles. The molecule has 1 aliphatic rings. The van der Waals surface area contributed by atoms with Gasteiger partial charge in [-0.05, 0) is 41.3 Å². The van der Waals surface area contributed by atoms with E-state index in [2.05, 4.69) is 20.1 Å². The van der Waals surface area contributed by atoms with Crippen LogP contribution < -0.4 is 10.2 Å². The number of nitrogens with zero attached hydrogens (tertiary/aromatic N) is 3. The SMILES string of the molecule is O=C(CN1CCN(c2ccccn2)CC1)N[C@H](c1ccc(F)cc1)c1cccs1.